The van der Waals surface area contributed by atoms with Crippen molar-refractivity contribution in [2.75, 3.05) is 11.5 Å². The minimum atomic E-state index is -0.00584. The van der Waals surface area contributed by atoms with Gasteiger partial charge < -0.3 is 14.7 Å². The summed E-state index contributed by atoms with van der Waals surface area (Å²) in [4.78, 5) is 12.7. The number of rotatable bonds is 5. The molecule has 0 bridgehead atoms. The van der Waals surface area contributed by atoms with Gasteiger partial charge >= 0.3 is 0 Å². The van der Waals surface area contributed by atoms with E-state index in [9.17, 15) is 4.79 Å². The van der Waals surface area contributed by atoms with Gasteiger partial charge in [-0.3, -0.25) is 4.79 Å². The summed E-state index contributed by atoms with van der Waals surface area (Å²) in [5.74, 6) is 1.89. The lowest BCUT2D eigenvalue weighted by Crippen LogP contribution is -2.19. The normalized spacial score (nSPS) is 10.7. The van der Waals surface area contributed by atoms with Crippen molar-refractivity contribution in [3.63, 3.8) is 0 Å². The third-order valence-corrected chi connectivity index (χ3v) is 3.85. The molecule has 0 amide bonds. The molecular weight excluding hydrogens is 248 g/mol. The number of aromatic nitrogens is 1. The highest BCUT2D eigenvalue weighted by molar-refractivity contribution is 7.99. The number of nitrogens with zero attached hydrogens (tertiary/aromatic N) is 1. The second-order valence-electron chi connectivity index (χ2n) is 4.04. The van der Waals surface area contributed by atoms with Gasteiger partial charge in [-0.05, 0) is 31.2 Å². The molecule has 2 aromatic rings. The Balaban J connectivity index is 1.84. The van der Waals surface area contributed by atoms with Crippen molar-refractivity contribution < 1.29 is 4.42 Å². The van der Waals surface area contributed by atoms with Gasteiger partial charge in [-0.1, -0.05) is 0 Å². The zero-order valence-electron chi connectivity index (χ0n) is 10.3. The molecule has 18 heavy (non-hydrogen) atoms. The summed E-state index contributed by atoms with van der Waals surface area (Å²) < 4.78 is 6.87. The average Bonchev–Trinajstić information content (AvgIpc) is 2.75. The lowest BCUT2D eigenvalue weighted by Gasteiger charge is -2.05. The average molecular weight is 264 g/mol. The summed E-state index contributed by atoms with van der Waals surface area (Å²) in [5.41, 5.74) is 6.26. The van der Waals surface area contributed by atoms with Crippen molar-refractivity contribution in [1.29, 1.82) is 0 Å². The van der Waals surface area contributed by atoms with Crippen LogP contribution < -0.4 is 11.3 Å². The molecule has 0 saturated carbocycles. The maximum Gasteiger partial charge on any atom is 0.250 e. The number of pyridine rings is 1. The van der Waals surface area contributed by atoms with E-state index in [-0.39, 0.29) is 5.56 Å². The second-order valence-corrected chi connectivity index (χ2v) is 5.17. The molecule has 0 aliphatic rings. The maximum absolute atomic E-state index is 11.5. The largest absolute Gasteiger partial charge is 0.468 e. The minimum Gasteiger partial charge on any atom is -0.468 e. The van der Waals surface area contributed by atoms with Crippen molar-refractivity contribution >= 4 is 17.4 Å². The Hall–Kier alpha value is -1.62. The van der Waals surface area contributed by atoms with E-state index in [1.165, 1.54) is 6.07 Å². The molecule has 2 N–H and O–H groups in total. The molecule has 0 aliphatic carbocycles. The molecule has 0 atom stereocenters. The summed E-state index contributed by atoms with van der Waals surface area (Å²) in [7, 11) is 0. The molecule has 0 fully saturated rings. The molecule has 0 spiro atoms. The molecule has 2 rings (SSSR count). The molecule has 0 aliphatic heterocycles. The lowest BCUT2D eigenvalue weighted by molar-refractivity contribution is 0.527. The van der Waals surface area contributed by atoms with Crippen molar-refractivity contribution in [2.45, 2.75) is 24.8 Å². The van der Waals surface area contributed by atoms with Gasteiger partial charge in [-0.25, -0.2) is 0 Å². The minimum absolute atomic E-state index is 0.00584. The Bertz CT molecular complexity index is 574. The van der Waals surface area contributed by atoms with Gasteiger partial charge in [0, 0.05) is 29.4 Å². The van der Waals surface area contributed by atoms with Crippen LogP contribution in [-0.2, 0) is 6.54 Å². The monoisotopic (exact) mass is 264 g/mol. The van der Waals surface area contributed by atoms with Gasteiger partial charge in [0.2, 0.25) is 0 Å². The van der Waals surface area contributed by atoms with Crippen LogP contribution in [0.15, 0.2) is 44.8 Å². The third-order valence-electron chi connectivity index (χ3n) is 2.62. The van der Waals surface area contributed by atoms with Crippen molar-refractivity contribution in [1.82, 2.24) is 4.57 Å². The Morgan fingerprint density at radius 2 is 2.22 bits per heavy atom. The van der Waals surface area contributed by atoms with Crippen LogP contribution in [0.3, 0.4) is 0 Å². The zero-order valence-corrected chi connectivity index (χ0v) is 11.1. The third kappa shape index (κ3) is 3.20. The first-order chi connectivity index (χ1) is 8.66. The Morgan fingerprint density at radius 1 is 1.39 bits per heavy atom. The van der Waals surface area contributed by atoms with Crippen LogP contribution in [0.4, 0.5) is 5.69 Å². The first-order valence-electron chi connectivity index (χ1n) is 5.79. The summed E-state index contributed by atoms with van der Waals surface area (Å²) in [5, 5.41) is 0. The summed E-state index contributed by atoms with van der Waals surface area (Å²) in [6.07, 6.45) is 4.30. The van der Waals surface area contributed by atoms with Crippen LogP contribution in [0.25, 0.3) is 0 Å². The fourth-order valence-corrected chi connectivity index (χ4v) is 2.56. The van der Waals surface area contributed by atoms with Gasteiger partial charge in [0.15, 0.2) is 0 Å². The molecule has 2 heterocycles. The van der Waals surface area contributed by atoms with E-state index in [2.05, 4.69) is 0 Å². The zero-order chi connectivity index (χ0) is 13.0. The predicted molar refractivity (Wildman–Crippen MR) is 73.9 cm³/mol. The highest BCUT2D eigenvalue weighted by Gasteiger charge is 2.02. The first kappa shape index (κ1) is 12.8. The van der Waals surface area contributed by atoms with Crippen molar-refractivity contribution in [2.24, 2.45) is 0 Å². The van der Waals surface area contributed by atoms with E-state index >= 15 is 0 Å². The summed E-state index contributed by atoms with van der Waals surface area (Å²) >= 11 is 1.74. The van der Waals surface area contributed by atoms with Crippen molar-refractivity contribution in [3.05, 3.63) is 46.8 Å². The number of hydrogen-bond acceptors (Lipinski definition) is 4. The maximum atomic E-state index is 11.5. The van der Waals surface area contributed by atoms with Gasteiger partial charge in [0.1, 0.15) is 5.76 Å². The van der Waals surface area contributed by atoms with Crippen LogP contribution in [0, 0.1) is 6.92 Å². The van der Waals surface area contributed by atoms with Crippen LogP contribution in [0.1, 0.15) is 12.2 Å². The molecular formula is C13H16N2O2S. The Kier molecular flexibility index (Phi) is 4.15. The smallest absolute Gasteiger partial charge is 0.250 e. The SMILES string of the molecule is Cc1occc1SCCCn1cc(N)ccc1=O. The number of anilines is 1. The molecule has 0 saturated heterocycles. The molecule has 0 aromatic carbocycles. The van der Waals surface area contributed by atoms with Crippen LogP contribution in [0.2, 0.25) is 0 Å². The van der Waals surface area contributed by atoms with Crippen LogP contribution in [-0.4, -0.2) is 10.3 Å². The summed E-state index contributed by atoms with van der Waals surface area (Å²) in [6.45, 7) is 2.64. The highest BCUT2D eigenvalue weighted by atomic mass is 32.2. The number of thioether (sulfide) groups is 1. The van der Waals surface area contributed by atoms with E-state index in [1.54, 1.807) is 34.9 Å². The quantitative estimate of drug-likeness (QED) is 0.666. The molecule has 2 aromatic heterocycles. The predicted octanol–water partition coefficient (Wildman–Crippen LogP) is 2.51. The van der Waals surface area contributed by atoms with Gasteiger partial charge in [0.05, 0.1) is 6.26 Å². The highest BCUT2D eigenvalue weighted by Crippen LogP contribution is 2.23. The second kappa shape index (κ2) is 5.82. The number of furan rings is 1. The summed E-state index contributed by atoms with van der Waals surface area (Å²) in [6, 6.07) is 5.10. The van der Waals surface area contributed by atoms with Crippen molar-refractivity contribution in [3.8, 4) is 0 Å². The number of nitrogen functional groups attached to an aromatic ring is 1. The number of aryl methyl sites for hydroxylation is 2. The van der Waals surface area contributed by atoms with E-state index in [1.807, 2.05) is 13.0 Å². The van der Waals surface area contributed by atoms with E-state index in [4.69, 9.17) is 10.2 Å². The van der Waals surface area contributed by atoms with Gasteiger partial charge in [-0.15, -0.1) is 11.8 Å². The van der Waals surface area contributed by atoms with E-state index in [0.29, 0.717) is 12.2 Å². The lowest BCUT2D eigenvalue weighted by atomic mass is 10.4. The van der Waals surface area contributed by atoms with E-state index in [0.717, 1.165) is 22.8 Å². The molecule has 0 radical (unpaired) electrons. The molecule has 4 nitrogen and oxygen atoms in total. The number of nitrogens with two attached hydrogens (primary N) is 1. The topological polar surface area (TPSA) is 61.2 Å². The molecule has 96 valence electrons. The fourth-order valence-electron chi connectivity index (χ4n) is 1.66. The standard InChI is InChI=1S/C13H16N2O2S/c1-10-12(5-7-17-10)18-8-2-6-15-9-11(14)3-4-13(15)16/h3-5,7,9H,2,6,8,14H2,1H3. The van der Waals surface area contributed by atoms with Crippen LogP contribution in [0.5, 0.6) is 0 Å². The van der Waals surface area contributed by atoms with Gasteiger partial charge in [0.25, 0.3) is 5.56 Å². The molecule has 5 heteroatoms. The first-order valence-corrected chi connectivity index (χ1v) is 6.78. The fraction of sp³-hybridized carbons (Fsp3) is 0.308. The van der Waals surface area contributed by atoms with E-state index < -0.39 is 0 Å². The Morgan fingerprint density at radius 3 is 2.94 bits per heavy atom. The molecule has 0 unspecified atom stereocenters. The van der Waals surface area contributed by atoms with Crippen LogP contribution >= 0.6 is 11.8 Å². The number of hydrogen-bond donors (Lipinski definition) is 1. The van der Waals surface area contributed by atoms with Gasteiger partial charge in [-0.2, -0.15) is 0 Å². The Labute approximate surface area is 110 Å².